The molecule has 0 saturated heterocycles. The first kappa shape index (κ1) is 15.4. The number of hydrogen-bond acceptors (Lipinski definition) is 1. The van der Waals surface area contributed by atoms with Gasteiger partial charge in [0, 0.05) is 30.0 Å². The van der Waals surface area contributed by atoms with Crippen LogP contribution in [0.3, 0.4) is 0 Å². The number of para-hydroxylation sites is 1. The Kier molecular flexibility index (Phi) is 5.20. The van der Waals surface area contributed by atoms with Crippen LogP contribution in [-0.4, -0.2) is 17.0 Å². The number of rotatable bonds is 6. The monoisotopic (exact) mass is 284 g/mol. The normalized spacial score (nSPS) is 10.6. The van der Waals surface area contributed by atoms with Crippen LogP contribution in [0.4, 0.5) is 0 Å². The first-order valence-corrected chi connectivity index (χ1v) is 7.63. The molecule has 0 bridgehead atoms. The van der Waals surface area contributed by atoms with E-state index in [1.807, 2.05) is 13.0 Å². The molecule has 1 aromatic carbocycles. The third-order valence-corrected chi connectivity index (χ3v) is 3.74. The minimum atomic E-state index is 0.148. The third kappa shape index (κ3) is 3.75. The highest BCUT2D eigenvalue weighted by Crippen LogP contribution is 2.20. The van der Waals surface area contributed by atoms with Gasteiger partial charge in [0.2, 0.25) is 5.91 Å². The second kappa shape index (κ2) is 7.11. The molecule has 0 aliphatic rings. The zero-order valence-corrected chi connectivity index (χ0v) is 13.1. The molecule has 2 rings (SSSR count). The Labute approximate surface area is 127 Å². The summed E-state index contributed by atoms with van der Waals surface area (Å²) < 4.78 is 2.27. The van der Waals surface area contributed by atoms with E-state index in [0.29, 0.717) is 13.0 Å². The average molecular weight is 284 g/mol. The van der Waals surface area contributed by atoms with Crippen LogP contribution in [0.25, 0.3) is 5.69 Å². The summed E-state index contributed by atoms with van der Waals surface area (Å²) in [5.74, 6) is 0.148. The van der Waals surface area contributed by atoms with E-state index in [1.165, 1.54) is 22.6 Å². The number of benzene rings is 1. The molecule has 1 heterocycles. The molecular weight excluding hydrogens is 260 g/mol. The van der Waals surface area contributed by atoms with Gasteiger partial charge in [-0.2, -0.15) is 0 Å². The van der Waals surface area contributed by atoms with Crippen molar-refractivity contribution in [2.75, 3.05) is 6.54 Å². The fourth-order valence-corrected chi connectivity index (χ4v) is 2.71. The molecule has 0 aliphatic carbocycles. The number of aromatic nitrogens is 1. The van der Waals surface area contributed by atoms with Crippen LogP contribution in [0.2, 0.25) is 0 Å². The van der Waals surface area contributed by atoms with Gasteiger partial charge in [-0.05, 0) is 50.5 Å². The van der Waals surface area contributed by atoms with Gasteiger partial charge in [0.05, 0.1) is 0 Å². The smallest absolute Gasteiger partial charge is 0.219 e. The van der Waals surface area contributed by atoms with Crippen molar-refractivity contribution in [3.05, 3.63) is 53.3 Å². The van der Waals surface area contributed by atoms with Crippen molar-refractivity contribution >= 4 is 5.91 Å². The van der Waals surface area contributed by atoms with E-state index >= 15 is 0 Å². The van der Waals surface area contributed by atoms with Gasteiger partial charge in [-0.15, -0.1) is 0 Å². The molecular formula is C18H24N2O. The minimum absolute atomic E-state index is 0.148. The Hall–Kier alpha value is -2.03. The molecule has 112 valence electrons. The molecule has 0 spiro atoms. The lowest BCUT2D eigenvalue weighted by molar-refractivity contribution is -0.121. The van der Waals surface area contributed by atoms with Gasteiger partial charge in [-0.1, -0.05) is 25.1 Å². The molecule has 1 N–H and O–H groups in total. The lowest BCUT2D eigenvalue weighted by atomic mass is 10.2. The van der Waals surface area contributed by atoms with E-state index in [4.69, 9.17) is 0 Å². The largest absolute Gasteiger partial charge is 0.356 e. The number of aryl methyl sites for hydroxylation is 1. The minimum Gasteiger partial charge on any atom is -0.356 e. The summed E-state index contributed by atoms with van der Waals surface area (Å²) in [5.41, 5.74) is 4.97. The van der Waals surface area contributed by atoms with E-state index in [9.17, 15) is 4.79 Å². The molecule has 1 aromatic heterocycles. The molecule has 0 fully saturated rings. The molecule has 0 aliphatic heterocycles. The Balaban J connectivity index is 2.08. The van der Waals surface area contributed by atoms with Crippen LogP contribution in [0.1, 0.15) is 36.7 Å². The summed E-state index contributed by atoms with van der Waals surface area (Å²) in [4.78, 5) is 11.5. The molecule has 0 radical (unpaired) electrons. The van der Waals surface area contributed by atoms with Gasteiger partial charge in [0.25, 0.3) is 0 Å². The van der Waals surface area contributed by atoms with Crippen LogP contribution >= 0.6 is 0 Å². The zero-order valence-electron chi connectivity index (χ0n) is 13.1. The van der Waals surface area contributed by atoms with Gasteiger partial charge in [-0.25, -0.2) is 0 Å². The highest BCUT2D eigenvalue weighted by molar-refractivity contribution is 5.75. The predicted molar refractivity (Wildman–Crippen MR) is 86.9 cm³/mol. The van der Waals surface area contributed by atoms with Crippen molar-refractivity contribution in [1.29, 1.82) is 0 Å². The number of amides is 1. The molecule has 3 nitrogen and oxygen atoms in total. The first-order valence-electron chi connectivity index (χ1n) is 7.63. The summed E-state index contributed by atoms with van der Waals surface area (Å²) in [6.07, 6.45) is 2.39. The number of nitrogens with one attached hydrogen (secondary N) is 1. The van der Waals surface area contributed by atoms with Gasteiger partial charge in [0.1, 0.15) is 0 Å². The summed E-state index contributed by atoms with van der Waals surface area (Å²) >= 11 is 0. The summed E-state index contributed by atoms with van der Waals surface area (Å²) in [6, 6.07) is 12.6. The highest BCUT2D eigenvalue weighted by Gasteiger charge is 2.10. The molecule has 2 aromatic rings. The standard InChI is InChI=1S/C18H24N2O/c1-4-8-18(21)19-12-11-16-13-14(2)20(15(16)3)17-9-6-5-7-10-17/h5-7,9-10,13H,4,8,11-12H2,1-3H3,(H,19,21). The van der Waals surface area contributed by atoms with Gasteiger partial charge < -0.3 is 9.88 Å². The number of nitrogens with zero attached hydrogens (tertiary/aromatic N) is 1. The maximum Gasteiger partial charge on any atom is 0.219 e. The summed E-state index contributed by atoms with van der Waals surface area (Å²) in [5, 5.41) is 2.98. The maximum absolute atomic E-state index is 11.5. The second-order valence-corrected chi connectivity index (χ2v) is 5.42. The predicted octanol–water partition coefficient (Wildman–Crippen LogP) is 3.55. The summed E-state index contributed by atoms with van der Waals surface area (Å²) in [7, 11) is 0. The van der Waals surface area contributed by atoms with E-state index in [2.05, 4.69) is 54.1 Å². The summed E-state index contributed by atoms with van der Waals surface area (Å²) in [6.45, 7) is 6.99. The van der Waals surface area contributed by atoms with Gasteiger partial charge >= 0.3 is 0 Å². The SMILES string of the molecule is CCCC(=O)NCCc1cc(C)n(-c2ccccc2)c1C. The Morgan fingerprint density at radius 3 is 2.57 bits per heavy atom. The molecule has 1 amide bonds. The average Bonchev–Trinajstić information content (AvgIpc) is 2.75. The van der Waals surface area contributed by atoms with E-state index < -0.39 is 0 Å². The Morgan fingerprint density at radius 2 is 1.90 bits per heavy atom. The lowest BCUT2D eigenvalue weighted by Crippen LogP contribution is -2.25. The van der Waals surface area contributed by atoms with Crippen molar-refractivity contribution in [3.8, 4) is 5.69 Å². The Bertz CT molecular complexity index is 599. The number of hydrogen-bond donors (Lipinski definition) is 1. The van der Waals surface area contributed by atoms with Crippen molar-refractivity contribution in [2.45, 2.75) is 40.0 Å². The lowest BCUT2D eigenvalue weighted by Gasteiger charge is -2.10. The van der Waals surface area contributed by atoms with Gasteiger partial charge in [0.15, 0.2) is 0 Å². The van der Waals surface area contributed by atoms with Crippen LogP contribution in [0, 0.1) is 13.8 Å². The second-order valence-electron chi connectivity index (χ2n) is 5.42. The first-order chi connectivity index (χ1) is 10.1. The van der Waals surface area contributed by atoms with Crippen molar-refractivity contribution < 1.29 is 4.79 Å². The fourth-order valence-electron chi connectivity index (χ4n) is 2.71. The highest BCUT2D eigenvalue weighted by atomic mass is 16.1. The van der Waals surface area contributed by atoms with E-state index in [1.54, 1.807) is 0 Å². The molecule has 0 atom stereocenters. The van der Waals surface area contributed by atoms with Crippen LogP contribution in [-0.2, 0) is 11.2 Å². The van der Waals surface area contributed by atoms with Crippen LogP contribution in [0.15, 0.2) is 36.4 Å². The number of carbonyl (C=O) groups excluding carboxylic acids is 1. The quantitative estimate of drug-likeness (QED) is 0.864. The molecule has 0 saturated carbocycles. The van der Waals surface area contributed by atoms with E-state index in [0.717, 1.165) is 12.8 Å². The molecule has 0 unspecified atom stereocenters. The zero-order chi connectivity index (χ0) is 15.2. The molecule has 21 heavy (non-hydrogen) atoms. The van der Waals surface area contributed by atoms with E-state index in [-0.39, 0.29) is 5.91 Å². The molecule has 3 heteroatoms. The third-order valence-electron chi connectivity index (χ3n) is 3.74. The van der Waals surface area contributed by atoms with Crippen molar-refractivity contribution in [2.24, 2.45) is 0 Å². The Morgan fingerprint density at radius 1 is 1.19 bits per heavy atom. The maximum atomic E-state index is 11.5. The van der Waals surface area contributed by atoms with Crippen LogP contribution < -0.4 is 5.32 Å². The van der Waals surface area contributed by atoms with Gasteiger partial charge in [-0.3, -0.25) is 4.79 Å². The number of carbonyl (C=O) groups is 1. The van der Waals surface area contributed by atoms with Crippen LogP contribution in [0.5, 0.6) is 0 Å². The fraction of sp³-hybridized carbons (Fsp3) is 0.389. The van der Waals surface area contributed by atoms with Crippen molar-refractivity contribution in [3.63, 3.8) is 0 Å². The topological polar surface area (TPSA) is 34.0 Å². The van der Waals surface area contributed by atoms with Crippen molar-refractivity contribution in [1.82, 2.24) is 9.88 Å².